The lowest BCUT2D eigenvalue weighted by atomic mass is 9.98. The largest absolute Gasteiger partial charge is 0.444 e. The number of hydrogen-bond donors (Lipinski definition) is 1. The van der Waals surface area contributed by atoms with E-state index in [4.69, 9.17) is 22.1 Å². The first-order valence-corrected chi connectivity index (χ1v) is 7.81. The van der Waals surface area contributed by atoms with Gasteiger partial charge in [0.15, 0.2) is 0 Å². The minimum atomic E-state index is -0.502. The van der Waals surface area contributed by atoms with Gasteiger partial charge >= 0.3 is 6.09 Å². The molecule has 0 saturated carbocycles. The minimum Gasteiger partial charge on any atom is -0.444 e. The predicted molar refractivity (Wildman–Crippen MR) is 88.8 cm³/mol. The van der Waals surface area contributed by atoms with E-state index in [1.54, 1.807) is 4.90 Å². The molecule has 0 saturated heterocycles. The first kappa shape index (κ1) is 16.6. The second-order valence-corrected chi connectivity index (χ2v) is 6.57. The van der Waals surface area contributed by atoms with E-state index in [1.165, 1.54) is 5.56 Å². The molecule has 6 heteroatoms. The third-order valence-electron chi connectivity index (χ3n) is 3.30. The molecule has 2 rings (SSSR count). The van der Waals surface area contributed by atoms with Crippen LogP contribution in [0.5, 0.6) is 0 Å². The molecule has 0 radical (unpaired) electrons. The highest BCUT2D eigenvalue weighted by Crippen LogP contribution is 2.29. The van der Waals surface area contributed by atoms with Crippen molar-refractivity contribution in [1.29, 1.82) is 0 Å². The van der Waals surface area contributed by atoms with Crippen molar-refractivity contribution >= 4 is 29.2 Å². The number of rotatable bonds is 2. The number of fused-ring (bicyclic) bond motifs is 1. The third-order valence-corrected chi connectivity index (χ3v) is 3.57. The number of nitrogens with two attached hydrogens (primary N) is 1. The van der Waals surface area contributed by atoms with Gasteiger partial charge in [0.05, 0.1) is 18.1 Å². The normalized spacial score (nSPS) is 15.5. The predicted octanol–water partition coefficient (Wildman–Crippen LogP) is 3.21. The molecule has 0 unspecified atom stereocenters. The van der Waals surface area contributed by atoms with Gasteiger partial charge in [0, 0.05) is 12.1 Å². The van der Waals surface area contributed by atoms with Crippen LogP contribution < -0.4 is 5.73 Å². The summed E-state index contributed by atoms with van der Waals surface area (Å²) in [7, 11) is 0. The van der Waals surface area contributed by atoms with Crippen LogP contribution in [-0.2, 0) is 17.7 Å². The molecule has 0 fully saturated rings. The Morgan fingerprint density at radius 1 is 1.45 bits per heavy atom. The van der Waals surface area contributed by atoms with Gasteiger partial charge in [-0.05, 0) is 38.8 Å². The molecule has 1 aliphatic rings. The lowest BCUT2D eigenvalue weighted by Crippen LogP contribution is -2.39. The fourth-order valence-corrected chi connectivity index (χ4v) is 2.39. The smallest absolute Gasteiger partial charge is 0.410 e. The van der Waals surface area contributed by atoms with Crippen molar-refractivity contribution < 1.29 is 9.53 Å². The average molecular weight is 324 g/mol. The number of amides is 1. The van der Waals surface area contributed by atoms with Crippen LogP contribution in [0.3, 0.4) is 0 Å². The molecule has 0 aromatic heterocycles. The highest BCUT2D eigenvalue weighted by Gasteiger charge is 2.26. The zero-order chi connectivity index (χ0) is 16.3. The maximum Gasteiger partial charge on any atom is 0.410 e. The monoisotopic (exact) mass is 323 g/mol. The lowest BCUT2D eigenvalue weighted by Gasteiger charge is -2.31. The summed E-state index contributed by atoms with van der Waals surface area (Å²) < 4.78 is 5.44. The second kappa shape index (κ2) is 6.57. The number of carbonyl (C=O) groups is 1. The molecule has 1 heterocycles. The van der Waals surface area contributed by atoms with Gasteiger partial charge in [0.2, 0.25) is 0 Å². The van der Waals surface area contributed by atoms with E-state index in [-0.39, 0.29) is 12.0 Å². The second-order valence-electron chi connectivity index (χ2n) is 6.30. The molecule has 1 amide bonds. The number of halogens is 1. The Kier molecular flexibility index (Phi) is 4.96. The summed E-state index contributed by atoms with van der Waals surface area (Å²) in [6.07, 6.45) is 0.473. The number of alkyl halides is 1. The standard InChI is InChI=1S/C16H22ClN3O2/c1-16(2,3)22-15(21)20-8-7-11-5-4-6-13(12(11)10-20)19-14(18)9-17/h4-6H,7-10H2,1-3H3,(H2,18,19). The molecule has 1 aromatic carbocycles. The maximum atomic E-state index is 12.2. The fourth-order valence-electron chi connectivity index (χ4n) is 2.33. The van der Waals surface area contributed by atoms with Gasteiger partial charge in [-0.1, -0.05) is 12.1 Å². The Morgan fingerprint density at radius 2 is 2.18 bits per heavy atom. The third kappa shape index (κ3) is 4.13. The zero-order valence-corrected chi connectivity index (χ0v) is 14.0. The van der Waals surface area contributed by atoms with Crippen molar-refractivity contribution in [3.63, 3.8) is 0 Å². The summed E-state index contributed by atoms with van der Waals surface area (Å²) in [5.74, 6) is 0.545. The molecular weight excluding hydrogens is 302 g/mol. The van der Waals surface area contributed by atoms with E-state index in [1.807, 2.05) is 32.9 Å². The molecule has 1 aliphatic heterocycles. The van der Waals surface area contributed by atoms with Crippen LogP contribution in [0.1, 0.15) is 31.9 Å². The quantitative estimate of drug-likeness (QED) is 0.516. The molecule has 22 heavy (non-hydrogen) atoms. The van der Waals surface area contributed by atoms with Gasteiger partial charge in [-0.2, -0.15) is 0 Å². The molecule has 120 valence electrons. The van der Waals surface area contributed by atoms with Crippen molar-refractivity contribution in [2.24, 2.45) is 10.7 Å². The van der Waals surface area contributed by atoms with Gasteiger partial charge in [0.1, 0.15) is 11.4 Å². The van der Waals surface area contributed by atoms with Crippen molar-refractivity contribution in [1.82, 2.24) is 4.90 Å². The van der Waals surface area contributed by atoms with Gasteiger partial charge in [-0.3, -0.25) is 0 Å². The topological polar surface area (TPSA) is 67.9 Å². The Balaban J connectivity index is 2.23. The Morgan fingerprint density at radius 3 is 2.82 bits per heavy atom. The van der Waals surface area contributed by atoms with Gasteiger partial charge in [-0.15, -0.1) is 11.6 Å². The van der Waals surface area contributed by atoms with Crippen LogP contribution in [0, 0.1) is 0 Å². The lowest BCUT2D eigenvalue weighted by molar-refractivity contribution is 0.0224. The summed E-state index contributed by atoms with van der Waals surface area (Å²) >= 11 is 5.70. The fraction of sp³-hybridized carbons (Fsp3) is 0.500. The van der Waals surface area contributed by atoms with Crippen LogP contribution in [0.15, 0.2) is 23.2 Å². The number of benzene rings is 1. The molecule has 0 spiro atoms. The van der Waals surface area contributed by atoms with E-state index >= 15 is 0 Å². The van der Waals surface area contributed by atoms with Crippen LogP contribution in [0.2, 0.25) is 0 Å². The van der Waals surface area contributed by atoms with E-state index in [0.717, 1.165) is 17.7 Å². The van der Waals surface area contributed by atoms with Crippen LogP contribution >= 0.6 is 11.6 Å². The van der Waals surface area contributed by atoms with Gasteiger partial charge in [0.25, 0.3) is 0 Å². The van der Waals surface area contributed by atoms with Crippen molar-refractivity contribution in [3.8, 4) is 0 Å². The highest BCUT2D eigenvalue weighted by atomic mass is 35.5. The zero-order valence-electron chi connectivity index (χ0n) is 13.2. The number of hydrogen-bond acceptors (Lipinski definition) is 3. The first-order valence-electron chi connectivity index (χ1n) is 7.28. The summed E-state index contributed by atoms with van der Waals surface area (Å²) in [6, 6.07) is 5.89. The molecular formula is C16H22ClN3O2. The van der Waals surface area contributed by atoms with Crippen molar-refractivity contribution in [2.75, 3.05) is 12.4 Å². The Labute approximate surface area is 136 Å². The number of ether oxygens (including phenoxy) is 1. The van der Waals surface area contributed by atoms with Crippen LogP contribution in [-0.4, -0.2) is 34.9 Å². The SMILES string of the molecule is CC(C)(C)OC(=O)N1CCc2cccc(N=C(N)CCl)c2C1. The van der Waals surface area contributed by atoms with E-state index in [0.29, 0.717) is 18.9 Å². The highest BCUT2D eigenvalue weighted by molar-refractivity contribution is 6.28. The number of aliphatic imine (C=N–C) groups is 1. The molecule has 0 bridgehead atoms. The summed E-state index contributed by atoms with van der Waals surface area (Å²) in [6.45, 7) is 6.69. The molecule has 0 aliphatic carbocycles. The summed E-state index contributed by atoms with van der Waals surface area (Å²) in [5.41, 5.74) is 8.19. The average Bonchev–Trinajstić information content (AvgIpc) is 2.45. The number of amidine groups is 1. The van der Waals surface area contributed by atoms with Crippen LogP contribution in [0.4, 0.5) is 10.5 Å². The molecule has 5 nitrogen and oxygen atoms in total. The summed E-state index contributed by atoms with van der Waals surface area (Å²) in [5, 5.41) is 0. The van der Waals surface area contributed by atoms with Crippen molar-refractivity contribution in [2.45, 2.75) is 39.3 Å². The number of nitrogens with zero attached hydrogens (tertiary/aromatic N) is 2. The number of carbonyl (C=O) groups excluding carboxylic acids is 1. The Bertz CT molecular complexity index is 594. The Hall–Kier alpha value is -1.75. The van der Waals surface area contributed by atoms with E-state index in [2.05, 4.69) is 11.1 Å². The summed E-state index contributed by atoms with van der Waals surface area (Å²) in [4.78, 5) is 18.3. The first-order chi connectivity index (χ1) is 10.3. The molecule has 2 N–H and O–H groups in total. The van der Waals surface area contributed by atoms with Crippen LogP contribution in [0.25, 0.3) is 0 Å². The van der Waals surface area contributed by atoms with E-state index in [9.17, 15) is 4.79 Å². The van der Waals surface area contributed by atoms with Gasteiger partial charge < -0.3 is 15.4 Å². The minimum absolute atomic E-state index is 0.180. The van der Waals surface area contributed by atoms with Gasteiger partial charge in [-0.25, -0.2) is 9.79 Å². The molecule has 0 atom stereocenters. The van der Waals surface area contributed by atoms with E-state index < -0.39 is 5.60 Å². The van der Waals surface area contributed by atoms with Crippen molar-refractivity contribution in [3.05, 3.63) is 29.3 Å². The molecule has 1 aromatic rings. The maximum absolute atomic E-state index is 12.2.